The standard InChI is InChI=1S/C21H30N6O/c1-28-21-23-19(26-11-7-2-3-8-12-26)22-20(24-21)27-15-13-25(14-16-27)17-18-9-5-4-6-10-18/h4-6,9-10H,2-3,7-8,11-17H2,1H3. The van der Waals surface area contributed by atoms with Gasteiger partial charge in [-0.3, -0.25) is 4.90 Å². The van der Waals surface area contributed by atoms with Crippen molar-refractivity contribution in [3.63, 3.8) is 0 Å². The highest BCUT2D eigenvalue weighted by molar-refractivity contribution is 5.41. The topological polar surface area (TPSA) is 57.6 Å². The van der Waals surface area contributed by atoms with Crippen LogP contribution in [0.2, 0.25) is 0 Å². The highest BCUT2D eigenvalue weighted by Gasteiger charge is 2.22. The van der Waals surface area contributed by atoms with Crippen molar-refractivity contribution in [1.82, 2.24) is 19.9 Å². The van der Waals surface area contributed by atoms with Crippen LogP contribution in [0.25, 0.3) is 0 Å². The number of benzene rings is 1. The summed E-state index contributed by atoms with van der Waals surface area (Å²) in [6.45, 7) is 6.85. The minimum absolute atomic E-state index is 0.413. The third-order valence-corrected chi connectivity index (χ3v) is 5.57. The second-order valence-corrected chi connectivity index (χ2v) is 7.57. The molecule has 0 unspecified atom stereocenters. The van der Waals surface area contributed by atoms with Gasteiger partial charge in [-0.25, -0.2) is 0 Å². The smallest absolute Gasteiger partial charge is 0.322 e. The molecular weight excluding hydrogens is 352 g/mol. The molecule has 0 atom stereocenters. The summed E-state index contributed by atoms with van der Waals surface area (Å²) in [5.74, 6) is 1.50. The lowest BCUT2D eigenvalue weighted by atomic mass is 10.2. The molecule has 28 heavy (non-hydrogen) atoms. The van der Waals surface area contributed by atoms with E-state index in [1.165, 1.54) is 31.2 Å². The Bertz CT molecular complexity index is 740. The van der Waals surface area contributed by atoms with Crippen LogP contribution in [0.1, 0.15) is 31.2 Å². The zero-order chi connectivity index (χ0) is 19.2. The Kier molecular flexibility index (Phi) is 6.21. The van der Waals surface area contributed by atoms with Gasteiger partial charge in [-0.05, 0) is 18.4 Å². The Labute approximate surface area is 167 Å². The van der Waals surface area contributed by atoms with E-state index in [0.717, 1.165) is 57.7 Å². The predicted molar refractivity (Wildman–Crippen MR) is 111 cm³/mol. The number of rotatable bonds is 5. The van der Waals surface area contributed by atoms with E-state index in [1.54, 1.807) is 7.11 Å². The second-order valence-electron chi connectivity index (χ2n) is 7.57. The third-order valence-electron chi connectivity index (χ3n) is 5.57. The first-order valence-corrected chi connectivity index (χ1v) is 10.4. The van der Waals surface area contributed by atoms with Crippen LogP contribution in [-0.4, -0.2) is 66.2 Å². The lowest BCUT2D eigenvalue weighted by Crippen LogP contribution is -2.46. The van der Waals surface area contributed by atoms with Gasteiger partial charge in [0, 0.05) is 45.8 Å². The highest BCUT2D eigenvalue weighted by atomic mass is 16.5. The number of hydrogen-bond acceptors (Lipinski definition) is 7. The number of aromatic nitrogens is 3. The number of ether oxygens (including phenoxy) is 1. The minimum Gasteiger partial charge on any atom is -0.467 e. The van der Waals surface area contributed by atoms with Crippen LogP contribution in [0.4, 0.5) is 11.9 Å². The van der Waals surface area contributed by atoms with Crippen LogP contribution in [0.3, 0.4) is 0 Å². The van der Waals surface area contributed by atoms with Crippen molar-refractivity contribution >= 4 is 11.9 Å². The van der Waals surface area contributed by atoms with Gasteiger partial charge in [0.25, 0.3) is 0 Å². The number of anilines is 2. The largest absolute Gasteiger partial charge is 0.467 e. The van der Waals surface area contributed by atoms with E-state index in [2.05, 4.69) is 55.0 Å². The fourth-order valence-electron chi connectivity index (χ4n) is 3.93. The molecule has 7 heteroatoms. The molecule has 2 aliphatic heterocycles. The molecule has 4 rings (SSSR count). The maximum atomic E-state index is 5.38. The van der Waals surface area contributed by atoms with Gasteiger partial charge in [0.05, 0.1) is 7.11 Å². The maximum Gasteiger partial charge on any atom is 0.322 e. The van der Waals surface area contributed by atoms with Gasteiger partial charge in [-0.1, -0.05) is 43.2 Å². The van der Waals surface area contributed by atoms with Gasteiger partial charge in [0.15, 0.2) is 0 Å². The van der Waals surface area contributed by atoms with Crippen molar-refractivity contribution in [2.24, 2.45) is 0 Å². The van der Waals surface area contributed by atoms with Crippen LogP contribution in [0, 0.1) is 0 Å². The first-order chi connectivity index (χ1) is 13.8. The SMILES string of the molecule is COc1nc(N2CCCCCC2)nc(N2CCN(Cc3ccccc3)CC2)n1. The van der Waals surface area contributed by atoms with Gasteiger partial charge >= 0.3 is 6.01 Å². The Balaban J connectivity index is 1.43. The normalized spacial score (nSPS) is 18.8. The molecule has 0 radical (unpaired) electrons. The monoisotopic (exact) mass is 382 g/mol. The predicted octanol–water partition coefficient (Wildman–Crippen LogP) is 2.58. The van der Waals surface area contributed by atoms with Gasteiger partial charge in [0.1, 0.15) is 0 Å². The Hall–Kier alpha value is -2.41. The van der Waals surface area contributed by atoms with Gasteiger partial charge in [0.2, 0.25) is 11.9 Å². The molecule has 0 N–H and O–H groups in total. The molecule has 3 heterocycles. The molecule has 2 saturated heterocycles. The first kappa shape index (κ1) is 18.9. The summed E-state index contributed by atoms with van der Waals surface area (Å²) < 4.78 is 5.38. The van der Waals surface area contributed by atoms with Gasteiger partial charge in [-0.2, -0.15) is 15.0 Å². The molecule has 2 aliphatic rings. The molecule has 1 aromatic heterocycles. The Morgan fingerprint density at radius 2 is 1.36 bits per heavy atom. The highest BCUT2D eigenvalue weighted by Crippen LogP contribution is 2.22. The molecule has 0 aliphatic carbocycles. The van der Waals surface area contributed by atoms with Crippen molar-refractivity contribution in [1.29, 1.82) is 0 Å². The summed E-state index contributed by atoms with van der Waals surface area (Å²) in [5.41, 5.74) is 1.36. The minimum atomic E-state index is 0.413. The van der Waals surface area contributed by atoms with Crippen LogP contribution in [0.5, 0.6) is 6.01 Å². The molecular formula is C21H30N6O. The number of piperazine rings is 1. The fourth-order valence-corrected chi connectivity index (χ4v) is 3.93. The zero-order valence-electron chi connectivity index (χ0n) is 16.8. The molecule has 0 amide bonds. The van der Waals surface area contributed by atoms with Crippen molar-refractivity contribution in [2.75, 3.05) is 56.2 Å². The molecule has 0 bridgehead atoms. The molecule has 1 aromatic carbocycles. The molecule has 0 spiro atoms. The number of nitrogens with zero attached hydrogens (tertiary/aromatic N) is 6. The van der Waals surface area contributed by atoms with E-state index in [-0.39, 0.29) is 0 Å². The third kappa shape index (κ3) is 4.70. The van der Waals surface area contributed by atoms with Crippen LogP contribution < -0.4 is 14.5 Å². The summed E-state index contributed by atoms with van der Waals surface area (Å²) >= 11 is 0. The van der Waals surface area contributed by atoms with E-state index < -0.39 is 0 Å². The molecule has 2 aromatic rings. The fraction of sp³-hybridized carbons (Fsp3) is 0.571. The van der Waals surface area contributed by atoms with E-state index in [9.17, 15) is 0 Å². The van der Waals surface area contributed by atoms with Gasteiger partial charge in [-0.15, -0.1) is 0 Å². The average Bonchev–Trinajstić information content (AvgIpc) is 3.04. The molecule has 150 valence electrons. The number of methoxy groups -OCH3 is 1. The van der Waals surface area contributed by atoms with E-state index in [4.69, 9.17) is 9.72 Å². The molecule has 0 saturated carbocycles. The van der Waals surface area contributed by atoms with Gasteiger partial charge < -0.3 is 14.5 Å². The Morgan fingerprint density at radius 3 is 1.96 bits per heavy atom. The second kappa shape index (κ2) is 9.19. The van der Waals surface area contributed by atoms with E-state index >= 15 is 0 Å². The zero-order valence-corrected chi connectivity index (χ0v) is 16.8. The number of hydrogen-bond donors (Lipinski definition) is 0. The molecule has 2 fully saturated rings. The Morgan fingerprint density at radius 1 is 0.750 bits per heavy atom. The van der Waals surface area contributed by atoms with E-state index in [1.807, 2.05) is 0 Å². The van der Waals surface area contributed by atoms with Crippen LogP contribution >= 0.6 is 0 Å². The average molecular weight is 383 g/mol. The summed E-state index contributed by atoms with van der Waals surface area (Å²) in [7, 11) is 1.63. The van der Waals surface area contributed by atoms with Crippen molar-refractivity contribution in [2.45, 2.75) is 32.2 Å². The quantitative estimate of drug-likeness (QED) is 0.788. The maximum absolute atomic E-state index is 5.38. The van der Waals surface area contributed by atoms with Crippen LogP contribution in [0.15, 0.2) is 30.3 Å². The summed E-state index contributed by atoms with van der Waals surface area (Å²) in [6.07, 6.45) is 4.97. The van der Waals surface area contributed by atoms with Crippen molar-refractivity contribution in [3.8, 4) is 6.01 Å². The molecule has 7 nitrogen and oxygen atoms in total. The van der Waals surface area contributed by atoms with E-state index in [0.29, 0.717) is 6.01 Å². The van der Waals surface area contributed by atoms with Crippen molar-refractivity contribution < 1.29 is 4.74 Å². The summed E-state index contributed by atoms with van der Waals surface area (Å²) in [5, 5.41) is 0. The summed E-state index contributed by atoms with van der Waals surface area (Å²) in [6, 6.07) is 11.1. The lowest BCUT2D eigenvalue weighted by molar-refractivity contribution is 0.248. The summed E-state index contributed by atoms with van der Waals surface area (Å²) in [4.78, 5) is 20.9. The van der Waals surface area contributed by atoms with Crippen LogP contribution in [-0.2, 0) is 6.54 Å². The lowest BCUT2D eigenvalue weighted by Gasteiger charge is -2.35. The first-order valence-electron chi connectivity index (χ1n) is 10.4. The van der Waals surface area contributed by atoms with Crippen molar-refractivity contribution in [3.05, 3.63) is 35.9 Å².